The molecule has 1 N–H and O–H groups in total. The quantitative estimate of drug-likeness (QED) is 0.729. The number of hydrogen-bond donors (Lipinski definition) is 1. The smallest absolute Gasteiger partial charge is 0.251 e. The lowest BCUT2D eigenvalue weighted by atomic mass is 10.1. The highest BCUT2D eigenvalue weighted by Gasteiger charge is 2.00. The summed E-state index contributed by atoms with van der Waals surface area (Å²) >= 11 is 0. The summed E-state index contributed by atoms with van der Waals surface area (Å²) in [7, 11) is 1.57. The van der Waals surface area contributed by atoms with Crippen molar-refractivity contribution in [3.63, 3.8) is 0 Å². The Morgan fingerprint density at radius 3 is 2.07 bits per heavy atom. The van der Waals surface area contributed by atoms with Crippen LogP contribution in [0.2, 0.25) is 0 Å². The van der Waals surface area contributed by atoms with Crippen molar-refractivity contribution in [3.8, 4) is 0 Å². The molecule has 0 aliphatic carbocycles. The van der Waals surface area contributed by atoms with E-state index in [1.54, 1.807) is 31.3 Å². The summed E-state index contributed by atoms with van der Waals surface area (Å²) < 4.78 is 0. The molecule has 0 spiro atoms. The first-order chi connectivity index (χ1) is 6.77. The number of amides is 1. The topological polar surface area (TPSA) is 46.2 Å². The van der Waals surface area contributed by atoms with Crippen LogP contribution < -0.4 is 5.32 Å². The zero-order valence-electron chi connectivity index (χ0n) is 8.70. The minimum absolute atomic E-state index is 0.146. The van der Waals surface area contributed by atoms with E-state index in [0.717, 1.165) is 6.29 Å². The summed E-state index contributed by atoms with van der Waals surface area (Å²) in [6.07, 6.45) is 0.744. The fourth-order valence-corrected chi connectivity index (χ4v) is 0.857. The Bertz CT molecular complexity index is 291. The molecular formula is C11H15NO2. The average molecular weight is 193 g/mol. The van der Waals surface area contributed by atoms with Crippen LogP contribution in [0.4, 0.5) is 0 Å². The minimum Gasteiger partial charge on any atom is -0.355 e. The third-order valence-corrected chi connectivity index (χ3v) is 1.54. The van der Waals surface area contributed by atoms with E-state index in [0.29, 0.717) is 11.1 Å². The van der Waals surface area contributed by atoms with Crippen LogP contribution in [0.1, 0.15) is 34.6 Å². The van der Waals surface area contributed by atoms with Gasteiger partial charge in [0.25, 0.3) is 5.91 Å². The number of aldehydes is 1. The summed E-state index contributed by atoms with van der Waals surface area (Å²) in [6, 6.07) is 6.44. The maximum Gasteiger partial charge on any atom is 0.251 e. The number of benzene rings is 1. The molecule has 3 heteroatoms. The molecule has 0 aliphatic heterocycles. The van der Waals surface area contributed by atoms with E-state index in [2.05, 4.69) is 5.32 Å². The van der Waals surface area contributed by atoms with Gasteiger partial charge in [0.05, 0.1) is 0 Å². The van der Waals surface area contributed by atoms with Gasteiger partial charge >= 0.3 is 0 Å². The van der Waals surface area contributed by atoms with Gasteiger partial charge in [-0.25, -0.2) is 0 Å². The molecule has 0 saturated carbocycles. The van der Waals surface area contributed by atoms with Gasteiger partial charge in [0.2, 0.25) is 0 Å². The second-order valence-corrected chi connectivity index (χ2v) is 2.32. The molecule has 76 valence electrons. The van der Waals surface area contributed by atoms with Gasteiger partial charge in [0, 0.05) is 18.2 Å². The predicted molar refractivity (Wildman–Crippen MR) is 56.6 cm³/mol. The van der Waals surface area contributed by atoms with Crippen LogP contribution in [-0.2, 0) is 0 Å². The van der Waals surface area contributed by atoms with Crippen molar-refractivity contribution in [1.29, 1.82) is 0 Å². The zero-order valence-corrected chi connectivity index (χ0v) is 8.70. The second kappa shape index (κ2) is 6.83. The molecular weight excluding hydrogens is 178 g/mol. The summed E-state index contributed by atoms with van der Waals surface area (Å²) in [6.45, 7) is 4.00. The molecule has 0 unspecified atom stereocenters. The Balaban J connectivity index is 0.000000791. The predicted octanol–water partition coefficient (Wildman–Crippen LogP) is 1.88. The van der Waals surface area contributed by atoms with Crippen LogP contribution in [0.5, 0.6) is 0 Å². The number of carbonyl (C=O) groups excluding carboxylic acids is 2. The van der Waals surface area contributed by atoms with Crippen molar-refractivity contribution in [2.45, 2.75) is 13.8 Å². The van der Waals surface area contributed by atoms with Gasteiger partial charge in [0.1, 0.15) is 6.29 Å². The summed E-state index contributed by atoms with van der Waals surface area (Å²) in [5.74, 6) is -0.146. The summed E-state index contributed by atoms with van der Waals surface area (Å²) in [5.41, 5.74) is 1.13. The molecule has 0 aliphatic rings. The van der Waals surface area contributed by atoms with E-state index in [1.807, 2.05) is 13.8 Å². The first-order valence-electron chi connectivity index (χ1n) is 4.55. The molecule has 1 rings (SSSR count). The van der Waals surface area contributed by atoms with Gasteiger partial charge in [0.15, 0.2) is 0 Å². The molecule has 0 atom stereocenters. The first-order valence-corrected chi connectivity index (χ1v) is 4.55. The molecule has 0 radical (unpaired) electrons. The van der Waals surface area contributed by atoms with E-state index in [9.17, 15) is 9.59 Å². The Morgan fingerprint density at radius 2 is 1.71 bits per heavy atom. The van der Waals surface area contributed by atoms with E-state index in [4.69, 9.17) is 0 Å². The lowest BCUT2D eigenvalue weighted by Gasteiger charge is -1.98. The number of carbonyl (C=O) groups is 2. The number of rotatable bonds is 2. The monoisotopic (exact) mass is 193 g/mol. The molecule has 1 aromatic carbocycles. The third-order valence-electron chi connectivity index (χ3n) is 1.54. The molecule has 1 amide bonds. The molecule has 1 aromatic rings. The van der Waals surface area contributed by atoms with Gasteiger partial charge in [-0.1, -0.05) is 26.0 Å². The lowest BCUT2D eigenvalue weighted by molar-refractivity contribution is 0.0962. The van der Waals surface area contributed by atoms with Crippen LogP contribution in [0.25, 0.3) is 0 Å². The molecule has 14 heavy (non-hydrogen) atoms. The number of hydrogen-bond acceptors (Lipinski definition) is 2. The van der Waals surface area contributed by atoms with Crippen molar-refractivity contribution in [3.05, 3.63) is 35.4 Å². The molecule has 0 heterocycles. The van der Waals surface area contributed by atoms with Crippen LogP contribution >= 0.6 is 0 Å². The van der Waals surface area contributed by atoms with Crippen molar-refractivity contribution in [1.82, 2.24) is 5.32 Å². The highest BCUT2D eigenvalue weighted by Crippen LogP contribution is 2.01. The van der Waals surface area contributed by atoms with Gasteiger partial charge < -0.3 is 5.32 Å². The number of nitrogens with one attached hydrogen (secondary N) is 1. The lowest BCUT2D eigenvalue weighted by Crippen LogP contribution is -2.17. The highest BCUT2D eigenvalue weighted by molar-refractivity contribution is 5.94. The van der Waals surface area contributed by atoms with E-state index >= 15 is 0 Å². The largest absolute Gasteiger partial charge is 0.355 e. The highest BCUT2D eigenvalue weighted by atomic mass is 16.1. The van der Waals surface area contributed by atoms with Gasteiger partial charge in [-0.3, -0.25) is 9.59 Å². The normalized spacial score (nSPS) is 8.21. The van der Waals surface area contributed by atoms with Gasteiger partial charge in [-0.2, -0.15) is 0 Å². The summed E-state index contributed by atoms with van der Waals surface area (Å²) in [4.78, 5) is 21.3. The SMILES string of the molecule is CC.CNC(=O)c1ccc(C=O)cc1. The van der Waals surface area contributed by atoms with Crippen LogP contribution in [-0.4, -0.2) is 19.2 Å². The Labute approximate surface area is 84.1 Å². The fourth-order valence-electron chi connectivity index (χ4n) is 0.857. The fraction of sp³-hybridized carbons (Fsp3) is 0.273. The third kappa shape index (κ3) is 3.39. The van der Waals surface area contributed by atoms with Crippen LogP contribution in [0.15, 0.2) is 24.3 Å². The standard InChI is InChI=1S/C9H9NO2.C2H6/c1-10-9(12)8-4-2-7(6-11)3-5-8;1-2/h2-6H,1H3,(H,10,12);1-2H3. The molecule has 3 nitrogen and oxygen atoms in total. The summed E-state index contributed by atoms with van der Waals surface area (Å²) in [5, 5.41) is 2.49. The van der Waals surface area contributed by atoms with Gasteiger partial charge in [-0.15, -0.1) is 0 Å². The van der Waals surface area contributed by atoms with Crippen molar-refractivity contribution in [2.75, 3.05) is 7.05 Å². The Morgan fingerprint density at radius 1 is 1.21 bits per heavy atom. The minimum atomic E-state index is -0.146. The first kappa shape index (κ1) is 12.4. The maximum absolute atomic E-state index is 11.0. The Hall–Kier alpha value is -1.64. The molecule has 0 aromatic heterocycles. The van der Waals surface area contributed by atoms with Crippen molar-refractivity contribution >= 4 is 12.2 Å². The second-order valence-electron chi connectivity index (χ2n) is 2.32. The molecule has 0 bridgehead atoms. The Kier molecular flexibility index (Phi) is 6.03. The molecule has 0 fully saturated rings. The van der Waals surface area contributed by atoms with Gasteiger partial charge in [-0.05, 0) is 12.1 Å². The maximum atomic E-state index is 11.0. The van der Waals surface area contributed by atoms with Crippen molar-refractivity contribution in [2.24, 2.45) is 0 Å². The molecule has 0 saturated heterocycles. The van der Waals surface area contributed by atoms with Crippen LogP contribution in [0, 0.1) is 0 Å². The average Bonchev–Trinajstić information content (AvgIpc) is 2.31. The van der Waals surface area contributed by atoms with E-state index in [1.165, 1.54) is 0 Å². The zero-order chi connectivity index (χ0) is 11.0. The van der Waals surface area contributed by atoms with Crippen molar-refractivity contribution < 1.29 is 9.59 Å². The van der Waals surface area contributed by atoms with Crippen LogP contribution in [0.3, 0.4) is 0 Å². The van der Waals surface area contributed by atoms with E-state index < -0.39 is 0 Å². The van der Waals surface area contributed by atoms with E-state index in [-0.39, 0.29) is 5.91 Å².